The number of carbonyl (C=O) groups excluding carboxylic acids is 1. The third-order valence-electron chi connectivity index (χ3n) is 4.42. The number of carbonyl (C=O) groups is 1. The monoisotopic (exact) mass is 370 g/mol. The minimum atomic E-state index is -0.791. The first kappa shape index (κ1) is 18.0. The van der Waals surface area contributed by atoms with Crippen molar-refractivity contribution in [1.82, 2.24) is 0 Å². The van der Waals surface area contributed by atoms with Gasteiger partial charge in [-0.25, -0.2) is 0 Å². The van der Waals surface area contributed by atoms with E-state index in [1.165, 1.54) is 0 Å². The van der Waals surface area contributed by atoms with Crippen LogP contribution in [0.4, 0.5) is 0 Å². The third kappa shape index (κ3) is 4.15. The van der Waals surface area contributed by atoms with Crippen LogP contribution in [0.5, 0.6) is 0 Å². The molecule has 122 valence electrons. The molecule has 2 heteroatoms. The van der Waals surface area contributed by atoms with Crippen LogP contribution in [-0.2, 0) is 10.2 Å². The van der Waals surface area contributed by atoms with Crippen molar-refractivity contribution in [2.75, 3.05) is 0 Å². The number of benzene rings is 2. The Bertz CT molecular complexity index is 565. The molecule has 0 aliphatic heterocycles. The molecule has 2 aromatic rings. The fourth-order valence-electron chi connectivity index (χ4n) is 3.28. The van der Waals surface area contributed by atoms with Crippen molar-refractivity contribution >= 4 is 20.4 Å². The van der Waals surface area contributed by atoms with Crippen molar-refractivity contribution in [2.45, 2.75) is 48.2 Å². The minimum absolute atomic E-state index is 0.389. The topological polar surface area (TPSA) is 17.1 Å². The van der Waals surface area contributed by atoms with Crippen molar-refractivity contribution in [3.05, 3.63) is 71.8 Å². The molecule has 0 aromatic heterocycles. The summed E-state index contributed by atoms with van der Waals surface area (Å²) < 4.78 is 0. The van der Waals surface area contributed by atoms with E-state index in [1.54, 1.807) is 0 Å². The van der Waals surface area contributed by atoms with E-state index in [-0.39, 0.29) is 0 Å². The van der Waals surface area contributed by atoms with Gasteiger partial charge in [0, 0.05) is 0 Å². The molecule has 0 amide bonds. The van der Waals surface area contributed by atoms with E-state index in [4.69, 9.17) is 0 Å². The number of hydrogen-bond acceptors (Lipinski definition) is 1. The number of hydrogen-bond donors (Lipinski definition) is 0. The molecule has 2 rings (SSSR count). The zero-order chi connectivity index (χ0) is 16.7. The van der Waals surface area contributed by atoms with E-state index >= 15 is 0 Å². The molecule has 0 bridgehead atoms. The first-order valence-electron chi connectivity index (χ1n) is 8.40. The van der Waals surface area contributed by atoms with Gasteiger partial charge in [-0.15, -0.1) is 0 Å². The first-order valence-corrected chi connectivity index (χ1v) is 13.5. The second kappa shape index (κ2) is 8.50. The standard InChI is InChI=1S/C21H27AsO/c1-4-16-21(18-11-7-5-8-12-18,19-13-9-6-10-14-19)20(23)15-17-22(2)3/h5-14H,4,15-17H2,1-3H3. The van der Waals surface area contributed by atoms with Gasteiger partial charge < -0.3 is 0 Å². The van der Waals surface area contributed by atoms with Crippen LogP contribution in [0.2, 0.25) is 16.6 Å². The second-order valence-electron chi connectivity index (χ2n) is 6.36. The summed E-state index contributed by atoms with van der Waals surface area (Å²) in [5.74, 6) is 0.389. The van der Waals surface area contributed by atoms with Gasteiger partial charge in [0.15, 0.2) is 0 Å². The summed E-state index contributed by atoms with van der Waals surface area (Å²) in [5.41, 5.74) is 6.45. The fraction of sp³-hybridized carbons (Fsp3) is 0.381. The molecule has 0 aliphatic rings. The van der Waals surface area contributed by atoms with Gasteiger partial charge in [0.25, 0.3) is 0 Å². The molecular formula is C21H27AsO. The maximum atomic E-state index is 13.4. The third-order valence-corrected chi connectivity index (χ3v) is 6.77. The zero-order valence-corrected chi connectivity index (χ0v) is 16.3. The van der Waals surface area contributed by atoms with Gasteiger partial charge in [-0.3, -0.25) is 0 Å². The Morgan fingerprint density at radius 3 is 1.78 bits per heavy atom. The Labute approximate surface area is 145 Å². The van der Waals surface area contributed by atoms with Crippen LogP contribution in [0, 0.1) is 0 Å². The van der Waals surface area contributed by atoms with E-state index in [1.807, 2.05) is 36.4 Å². The summed E-state index contributed by atoms with van der Waals surface area (Å²) in [4.78, 5) is 13.4. The summed E-state index contributed by atoms with van der Waals surface area (Å²) in [6.45, 7) is 2.17. The maximum absolute atomic E-state index is 13.4. The molecule has 0 spiro atoms. The van der Waals surface area contributed by atoms with Crippen LogP contribution in [-0.4, -0.2) is 20.4 Å². The summed E-state index contributed by atoms with van der Waals surface area (Å²) in [7, 11) is 0. The number of ketones is 1. The van der Waals surface area contributed by atoms with E-state index in [0.717, 1.165) is 29.2 Å². The fourth-order valence-corrected chi connectivity index (χ4v) is 4.64. The Hall–Kier alpha value is -1.33. The van der Waals surface area contributed by atoms with Crippen LogP contribution >= 0.6 is 0 Å². The molecule has 0 atom stereocenters. The predicted molar refractivity (Wildman–Crippen MR) is 100 cm³/mol. The Balaban J connectivity index is 2.54. The molecule has 0 radical (unpaired) electrons. The van der Waals surface area contributed by atoms with Crippen LogP contribution in [0.3, 0.4) is 0 Å². The Kier molecular flexibility index (Phi) is 6.66. The number of rotatable bonds is 8. The van der Waals surface area contributed by atoms with Crippen LogP contribution < -0.4 is 0 Å². The Morgan fingerprint density at radius 1 is 0.913 bits per heavy atom. The molecule has 0 unspecified atom stereocenters. The summed E-state index contributed by atoms with van der Waals surface area (Å²) in [5, 5.41) is 1.09. The van der Waals surface area contributed by atoms with Crippen LogP contribution in [0.25, 0.3) is 0 Å². The van der Waals surface area contributed by atoms with Gasteiger partial charge in [-0.05, 0) is 0 Å². The zero-order valence-electron chi connectivity index (χ0n) is 14.5. The molecule has 0 fully saturated rings. The van der Waals surface area contributed by atoms with E-state index in [0.29, 0.717) is 12.2 Å². The normalized spacial score (nSPS) is 11.7. The summed E-state index contributed by atoms with van der Waals surface area (Å²) in [6.07, 6.45) is 2.58. The molecule has 0 heterocycles. The molecule has 23 heavy (non-hydrogen) atoms. The molecule has 0 aliphatic carbocycles. The molecular weight excluding hydrogens is 343 g/mol. The van der Waals surface area contributed by atoms with Gasteiger partial charge in [-0.2, -0.15) is 0 Å². The van der Waals surface area contributed by atoms with Gasteiger partial charge in [-0.1, -0.05) is 0 Å². The van der Waals surface area contributed by atoms with Crippen molar-refractivity contribution < 1.29 is 4.79 Å². The number of Topliss-reactive ketones (excluding diaryl/α,β-unsaturated/α-hetero) is 1. The van der Waals surface area contributed by atoms with Crippen molar-refractivity contribution in [2.24, 2.45) is 0 Å². The van der Waals surface area contributed by atoms with Gasteiger partial charge >= 0.3 is 145 Å². The molecule has 2 aromatic carbocycles. The van der Waals surface area contributed by atoms with E-state index < -0.39 is 20.1 Å². The summed E-state index contributed by atoms with van der Waals surface area (Å²) in [6, 6.07) is 20.7. The molecule has 1 nitrogen and oxygen atoms in total. The van der Waals surface area contributed by atoms with Crippen molar-refractivity contribution in [3.8, 4) is 0 Å². The van der Waals surface area contributed by atoms with E-state index in [9.17, 15) is 4.79 Å². The summed E-state index contributed by atoms with van der Waals surface area (Å²) >= 11 is -0.791. The van der Waals surface area contributed by atoms with Gasteiger partial charge in [0.2, 0.25) is 0 Å². The van der Waals surface area contributed by atoms with Crippen molar-refractivity contribution in [3.63, 3.8) is 0 Å². The van der Waals surface area contributed by atoms with Crippen molar-refractivity contribution in [1.29, 1.82) is 0 Å². The van der Waals surface area contributed by atoms with Crippen LogP contribution in [0.15, 0.2) is 60.7 Å². The molecule has 0 N–H and O–H groups in total. The second-order valence-corrected chi connectivity index (χ2v) is 11.8. The Morgan fingerprint density at radius 2 is 1.39 bits per heavy atom. The van der Waals surface area contributed by atoms with Gasteiger partial charge in [0.05, 0.1) is 0 Å². The quantitative estimate of drug-likeness (QED) is 0.562. The van der Waals surface area contributed by atoms with Crippen LogP contribution in [0.1, 0.15) is 37.3 Å². The predicted octanol–water partition coefficient (Wildman–Crippen LogP) is 5.49. The average Bonchev–Trinajstić information content (AvgIpc) is 2.59. The SMILES string of the molecule is CCCC(C(=O)CC[As](C)C)(c1ccccc1)c1ccccc1. The van der Waals surface area contributed by atoms with E-state index in [2.05, 4.69) is 42.6 Å². The first-order chi connectivity index (χ1) is 11.1. The average molecular weight is 370 g/mol. The van der Waals surface area contributed by atoms with Gasteiger partial charge in [0.1, 0.15) is 0 Å². The molecule has 0 saturated carbocycles. The molecule has 0 saturated heterocycles.